The summed E-state index contributed by atoms with van der Waals surface area (Å²) >= 11 is 0. The van der Waals surface area contributed by atoms with Crippen molar-refractivity contribution in [2.75, 3.05) is 0 Å². The molecule has 4 rings (SSSR count). The third-order valence-corrected chi connectivity index (χ3v) is 4.00. The van der Waals surface area contributed by atoms with Gasteiger partial charge in [-0.25, -0.2) is 0 Å². The summed E-state index contributed by atoms with van der Waals surface area (Å²) in [6.45, 7) is 0. The van der Waals surface area contributed by atoms with E-state index in [0.29, 0.717) is 17.4 Å². The lowest BCUT2D eigenvalue weighted by Gasteiger charge is -2.06. The Bertz CT molecular complexity index is 1060. The lowest BCUT2D eigenvalue weighted by Crippen LogP contribution is -2.13. The van der Waals surface area contributed by atoms with Crippen molar-refractivity contribution in [2.45, 2.75) is 6.42 Å². The fourth-order valence-corrected chi connectivity index (χ4v) is 2.87. The van der Waals surface area contributed by atoms with Crippen LogP contribution in [0.15, 0.2) is 72.9 Å². The van der Waals surface area contributed by atoms with Gasteiger partial charge in [0.15, 0.2) is 5.82 Å². The Kier molecular flexibility index (Phi) is 4.07. The van der Waals surface area contributed by atoms with Crippen LogP contribution < -0.4 is 10.5 Å². The molecule has 0 aliphatic carbocycles. The number of hydrogen-bond acceptors (Lipinski definition) is 4. The number of nitrogens with two attached hydrogens (primary N) is 1. The molecule has 0 saturated carbocycles. The summed E-state index contributed by atoms with van der Waals surface area (Å²) in [5, 5.41) is 9.37. The number of amides is 1. The highest BCUT2D eigenvalue weighted by molar-refractivity contribution is 5.89. The Morgan fingerprint density at radius 2 is 1.73 bits per heavy atom. The third-order valence-electron chi connectivity index (χ3n) is 4.00. The van der Waals surface area contributed by atoms with Gasteiger partial charge in [-0.1, -0.05) is 36.4 Å². The molecule has 0 aliphatic rings. The van der Waals surface area contributed by atoms with Crippen molar-refractivity contribution in [2.24, 2.45) is 5.73 Å². The van der Waals surface area contributed by atoms with Crippen molar-refractivity contribution in [1.82, 2.24) is 14.8 Å². The van der Waals surface area contributed by atoms with Gasteiger partial charge in [0.1, 0.15) is 5.75 Å². The quantitative estimate of drug-likeness (QED) is 0.602. The topological polar surface area (TPSA) is 83.0 Å². The molecule has 0 unspecified atom stereocenters. The van der Waals surface area contributed by atoms with Crippen LogP contribution in [0.25, 0.3) is 16.7 Å². The molecule has 2 aromatic heterocycles. The largest absolute Gasteiger partial charge is 0.438 e. The van der Waals surface area contributed by atoms with Crippen LogP contribution in [0, 0.1) is 0 Å². The molecule has 0 atom stereocenters. The zero-order chi connectivity index (χ0) is 17.9. The van der Waals surface area contributed by atoms with Crippen LogP contribution in [0.3, 0.4) is 0 Å². The number of para-hydroxylation sites is 2. The van der Waals surface area contributed by atoms with Crippen molar-refractivity contribution >= 4 is 16.8 Å². The smallest absolute Gasteiger partial charge is 0.238 e. The van der Waals surface area contributed by atoms with E-state index in [9.17, 15) is 4.79 Å². The van der Waals surface area contributed by atoms with Crippen LogP contribution in [-0.4, -0.2) is 20.7 Å². The van der Waals surface area contributed by atoms with E-state index in [4.69, 9.17) is 10.5 Å². The predicted molar refractivity (Wildman–Crippen MR) is 98.3 cm³/mol. The second-order valence-electron chi connectivity index (χ2n) is 5.83. The first-order valence-electron chi connectivity index (χ1n) is 8.15. The van der Waals surface area contributed by atoms with Crippen molar-refractivity contribution in [3.05, 3.63) is 78.5 Å². The molecule has 0 saturated heterocycles. The van der Waals surface area contributed by atoms with Crippen LogP contribution >= 0.6 is 0 Å². The van der Waals surface area contributed by atoms with E-state index in [1.54, 1.807) is 6.07 Å². The molecule has 4 aromatic rings. The van der Waals surface area contributed by atoms with Crippen LogP contribution in [-0.2, 0) is 11.2 Å². The molecule has 2 N–H and O–H groups in total. The average Bonchev–Trinajstić information content (AvgIpc) is 3.01. The normalized spacial score (nSPS) is 10.8. The number of carbonyl (C=O) groups excluding carboxylic acids is 1. The van der Waals surface area contributed by atoms with Gasteiger partial charge in [0.2, 0.25) is 11.8 Å². The number of benzene rings is 2. The van der Waals surface area contributed by atoms with E-state index in [0.717, 1.165) is 16.5 Å². The van der Waals surface area contributed by atoms with Gasteiger partial charge >= 0.3 is 0 Å². The Balaban J connectivity index is 1.68. The first-order valence-corrected chi connectivity index (χ1v) is 8.15. The Labute approximate surface area is 149 Å². The molecule has 0 aliphatic heterocycles. The van der Waals surface area contributed by atoms with E-state index in [2.05, 4.69) is 10.2 Å². The molecule has 2 aromatic carbocycles. The van der Waals surface area contributed by atoms with Crippen LogP contribution in [0.2, 0.25) is 0 Å². The summed E-state index contributed by atoms with van der Waals surface area (Å²) in [4.78, 5) is 11.3. The van der Waals surface area contributed by atoms with Gasteiger partial charge in [-0.2, -0.15) is 0 Å². The second-order valence-corrected chi connectivity index (χ2v) is 5.83. The monoisotopic (exact) mass is 344 g/mol. The van der Waals surface area contributed by atoms with E-state index in [1.165, 1.54) is 0 Å². The summed E-state index contributed by atoms with van der Waals surface area (Å²) in [5.41, 5.74) is 7.16. The Hall–Kier alpha value is -3.67. The maximum atomic E-state index is 11.3. The number of primary amides is 1. The molecule has 6 nitrogen and oxygen atoms in total. The van der Waals surface area contributed by atoms with E-state index in [-0.39, 0.29) is 12.3 Å². The van der Waals surface area contributed by atoms with Gasteiger partial charge in [-0.3, -0.25) is 9.36 Å². The minimum absolute atomic E-state index is 0.177. The number of rotatable bonds is 5. The zero-order valence-electron chi connectivity index (χ0n) is 13.9. The number of nitrogens with zero attached hydrogens (tertiary/aromatic N) is 3. The lowest BCUT2D eigenvalue weighted by atomic mass is 10.1. The number of hydrogen-bond donors (Lipinski definition) is 1. The van der Waals surface area contributed by atoms with Gasteiger partial charge in [-0.15, -0.1) is 10.2 Å². The highest BCUT2D eigenvalue weighted by atomic mass is 16.5. The molecular weight excluding hydrogens is 328 g/mol. The van der Waals surface area contributed by atoms with Crippen molar-refractivity contribution in [3.8, 4) is 17.4 Å². The molecule has 0 radical (unpaired) electrons. The van der Waals surface area contributed by atoms with E-state index >= 15 is 0 Å². The fraction of sp³-hybridized carbons (Fsp3) is 0.0500. The summed E-state index contributed by atoms with van der Waals surface area (Å²) < 4.78 is 7.57. The molecule has 0 spiro atoms. The Morgan fingerprint density at radius 3 is 2.46 bits per heavy atom. The molecule has 128 valence electrons. The zero-order valence-corrected chi connectivity index (χ0v) is 13.9. The Morgan fingerprint density at radius 1 is 0.962 bits per heavy atom. The summed E-state index contributed by atoms with van der Waals surface area (Å²) in [6, 6.07) is 20.8. The van der Waals surface area contributed by atoms with Gasteiger partial charge in [-0.05, 0) is 29.8 Å². The van der Waals surface area contributed by atoms with Crippen LogP contribution in [0.1, 0.15) is 5.56 Å². The van der Waals surface area contributed by atoms with Gasteiger partial charge in [0.25, 0.3) is 0 Å². The predicted octanol–water partition coefficient (Wildman–Crippen LogP) is 3.24. The average molecular weight is 344 g/mol. The van der Waals surface area contributed by atoms with Crippen molar-refractivity contribution in [3.63, 3.8) is 0 Å². The highest BCUT2D eigenvalue weighted by Crippen LogP contribution is 2.25. The standard InChI is InChI=1S/C20H16N4O2/c21-18(25)12-14-13-24(17-9-5-4-8-16(14)17)19-10-11-20(23-22-19)26-15-6-2-1-3-7-15/h1-11,13H,12H2,(H2,21,25). The number of aromatic nitrogens is 3. The second kappa shape index (κ2) is 6.68. The number of ether oxygens (including phenoxy) is 1. The minimum atomic E-state index is -0.370. The third kappa shape index (κ3) is 3.12. The summed E-state index contributed by atoms with van der Waals surface area (Å²) in [5.74, 6) is 1.38. The molecule has 6 heteroatoms. The summed E-state index contributed by atoms with van der Waals surface area (Å²) in [6.07, 6.45) is 2.05. The van der Waals surface area contributed by atoms with Crippen molar-refractivity contribution in [1.29, 1.82) is 0 Å². The SMILES string of the molecule is NC(=O)Cc1cn(-c2ccc(Oc3ccccc3)nn2)c2ccccc12. The minimum Gasteiger partial charge on any atom is -0.438 e. The fourth-order valence-electron chi connectivity index (χ4n) is 2.87. The van der Waals surface area contributed by atoms with Gasteiger partial charge in [0.05, 0.1) is 11.9 Å². The first kappa shape index (κ1) is 15.8. The number of carbonyl (C=O) groups is 1. The van der Waals surface area contributed by atoms with Gasteiger partial charge in [0, 0.05) is 17.6 Å². The van der Waals surface area contributed by atoms with Crippen LogP contribution in [0.5, 0.6) is 11.6 Å². The molecule has 26 heavy (non-hydrogen) atoms. The molecule has 0 bridgehead atoms. The molecular formula is C20H16N4O2. The molecule has 1 amide bonds. The highest BCUT2D eigenvalue weighted by Gasteiger charge is 2.12. The van der Waals surface area contributed by atoms with E-state index < -0.39 is 0 Å². The maximum Gasteiger partial charge on any atom is 0.238 e. The summed E-state index contributed by atoms with van der Waals surface area (Å²) in [7, 11) is 0. The maximum absolute atomic E-state index is 11.3. The number of fused-ring (bicyclic) bond motifs is 1. The molecule has 2 heterocycles. The van der Waals surface area contributed by atoms with Crippen LogP contribution in [0.4, 0.5) is 0 Å². The first-order chi connectivity index (χ1) is 12.7. The van der Waals surface area contributed by atoms with E-state index in [1.807, 2.05) is 71.4 Å². The lowest BCUT2D eigenvalue weighted by molar-refractivity contribution is -0.117. The molecule has 0 fully saturated rings. The van der Waals surface area contributed by atoms with Gasteiger partial charge < -0.3 is 10.5 Å². The van der Waals surface area contributed by atoms with Crippen molar-refractivity contribution < 1.29 is 9.53 Å².